The summed E-state index contributed by atoms with van der Waals surface area (Å²) in [5.74, 6) is 0.902. The van der Waals surface area contributed by atoms with Crippen molar-refractivity contribution in [2.75, 3.05) is 18.0 Å². The van der Waals surface area contributed by atoms with Crippen molar-refractivity contribution in [3.05, 3.63) is 22.3 Å². The molecule has 76 valence electrons. The predicted molar refractivity (Wildman–Crippen MR) is 58.4 cm³/mol. The number of nitrogens with zero attached hydrogens (tertiary/aromatic N) is 2. The SMILES string of the molecule is Cc1ccc(Br)nc1N1CC[C@H](F)C1. The van der Waals surface area contributed by atoms with Crippen LogP contribution in [0.1, 0.15) is 12.0 Å². The van der Waals surface area contributed by atoms with Crippen molar-refractivity contribution in [2.24, 2.45) is 0 Å². The molecule has 1 aromatic heterocycles. The number of hydrogen-bond acceptors (Lipinski definition) is 2. The van der Waals surface area contributed by atoms with Crippen LogP contribution < -0.4 is 4.90 Å². The summed E-state index contributed by atoms with van der Waals surface area (Å²) in [5, 5.41) is 0. The largest absolute Gasteiger partial charge is 0.353 e. The third-order valence-electron chi connectivity index (χ3n) is 2.47. The quantitative estimate of drug-likeness (QED) is 0.721. The Morgan fingerprint density at radius 3 is 3.00 bits per heavy atom. The van der Waals surface area contributed by atoms with E-state index in [0.717, 1.165) is 22.5 Å². The lowest BCUT2D eigenvalue weighted by Crippen LogP contribution is -2.22. The Kier molecular flexibility index (Phi) is 2.72. The molecule has 1 aliphatic heterocycles. The van der Waals surface area contributed by atoms with Gasteiger partial charge in [0.25, 0.3) is 0 Å². The number of aryl methyl sites for hydroxylation is 1. The molecule has 14 heavy (non-hydrogen) atoms. The molecular weight excluding hydrogens is 247 g/mol. The molecule has 1 atom stereocenters. The third kappa shape index (κ3) is 1.90. The van der Waals surface area contributed by atoms with Gasteiger partial charge in [0.05, 0.1) is 6.54 Å². The van der Waals surface area contributed by atoms with Gasteiger partial charge < -0.3 is 4.90 Å². The second-order valence-corrected chi connectivity index (χ2v) is 4.42. The number of rotatable bonds is 1. The van der Waals surface area contributed by atoms with Crippen LogP contribution in [0.4, 0.5) is 10.2 Å². The van der Waals surface area contributed by atoms with E-state index in [1.54, 1.807) is 0 Å². The zero-order valence-electron chi connectivity index (χ0n) is 8.00. The zero-order chi connectivity index (χ0) is 10.1. The van der Waals surface area contributed by atoms with Crippen molar-refractivity contribution < 1.29 is 4.39 Å². The maximum Gasteiger partial charge on any atom is 0.132 e. The van der Waals surface area contributed by atoms with E-state index in [1.165, 1.54) is 0 Å². The van der Waals surface area contributed by atoms with Crippen LogP contribution in [-0.2, 0) is 0 Å². The molecule has 0 spiro atoms. The Morgan fingerprint density at radius 2 is 2.36 bits per heavy atom. The molecule has 2 heterocycles. The number of aromatic nitrogens is 1. The Balaban J connectivity index is 2.27. The van der Waals surface area contributed by atoms with E-state index in [1.807, 2.05) is 24.0 Å². The van der Waals surface area contributed by atoms with Gasteiger partial charge in [-0.25, -0.2) is 9.37 Å². The first-order chi connectivity index (χ1) is 6.66. The molecule has 2 nitrogen and oxygen atoms in total. The van der Waals surface area contributed by atoms with Gasteiger partial charge in [0.15, 0.2) is 0 Å². The molecule has 0 radical (unpaired) electrons. The summed E-state index contributed by atoms with van der Waals surface area (Å²) in [6.45, 7) is 3.25. The van der Waals surface area contributed by atoms with E-state index in [0.29, 0.717) is 13.0 Å². The van der Waals surface area contributed by atoms with Crippen LogP contribution in [0, 0.1) is 6.92 Å². The molecule has 0 bridgehead atoms. The zero-order valence-corrected chi connectivity index (χ0v) is 9.59. The van der Waals surface area contributed by atoms with Crippen molar-refractivity contribution in [1.29, 1.82) is 0 Å². The molecule has 1 fully saturated rings. The van der Waals surface area contributed by atoms with E-state index in [-0.39, 0.29) is 0 Å². The maximum absolute atomic E-state index is 13.0. The Morgan fingerprint density at radius 1 is 1.57 bits per heavy atom. The highest BCUT2D eigenvalue weighted by Gasteiger charge is 2.23. The highest BCUT2D eigenvalue weighted by atomic mass is 79.9. The normalized spacial score (nSPS) is 21.6. The first-order valence-corrected chi connectivity index (χ1v) is 5.48. The lowest BCUT2D eigenvalue weighted by molar-refractivity contribution is 0.364. The van der Waals surface area contributed by atoms with Crippen LogP contribution in [0.25, 0.3) is 0 Å². The molecule has 0 saturated carbocycles. The fourth-order valence-electron chi connectivity index (χ4n) is 1.73. The number of halogens is 2. The van der Waals surface area contributed by atoms with Crippen molar-refractivity contribution >= 4 is 21.7 Å². The summed E-state index contributed by atoms with van der Waals surface area (Å²) >= 11 is 3.33. The van der Waals surface area contributed by atoms with Gasteiger partial charge in [0.2, 0.25) is 0 Å². The van der Waals surface area contributed by atoms with Gasteiger partial charge >= 0.3 is 0 Å². The number of anilines is 1. The molecular formula is C10H12BrFN2. The highest BCUT2D eigenvalue weighted by Crippen LogP contribution is 2.24. The van der Waals surface area contributed by atoms with Crippen LogP contribution in [0.5, 0.6) is 0 Å². The minimum Gasteiger partial charge on any atom is -0.353 e. The van der Waals surface area contributed by atoms with Gasteiger partial charge in [0, 0.05) is 6.54 Å². The van der Waals surface area contributed by atoms with Crippen molar-refractivity contribution in [2.45, 2.75) is 19.5 Å². The number of hydrogen-bond donors (Lipinski definition) is 0. The van der Waals surface area contributed by atoms with E-state index in [4.69, 9.17) is 0 Å². The summed E-state index contributed by atoms with van der Waals surface area (Å²) in [6, 6.07) is 3.90. The molecule has 2 rings (SSSR count). The minimum atomic E-state index is -0.699. The molecule has 0 amide bonds. The molecule has 1 aromatic rings. The molecule has 0 N–H and O–H groups in total. The summed E-state index contributed by atoms with van der Waals surface area (Å²) < 4.78 is 13.8. The van der Waals surface area contributed by atoms with Gasteiger partial charge in [-0.3, -0.25) is 0 Å². The minimum absolute atomic E-state index is 0.476. The van der Waals surface area contributed by atoms with Crippen molar-refractivity contribution in [3.8, 4) is 0 Å². The topological polar surface area (TPSA) is 16.1 Å². The average molecular weight is 259 g/mol. The van der Waals surface area contributed by atoms with Gasteiger partial charge in [0.1, 0.15) is 16.6 Å². The van der Waals surface area contributed by atoms with E-state index < -0.39 is 6.17 Å². The molecule has 1 aliphatic rings. The number of alkyl halides is 1. The Hall–Kier alpha value is -0.640. The smallest absolute Gasteiger partial charge is 0.132 e. The number of pyridine rings is 1. The van der Waals surface area contributed by atoms with Gasteiger partial charge in [-0.15, -0.1) is 0 Å². The molecule has 4 heteroatoms. The summed E-state index contributed by atoms with van der Waals surface area (Å²) in [6.07, 6.45) is -0.0802. The molecule has 0 aliphatic carbocycles. The monoisotopic (exact) mass is 258 g/mol. The van der Waals surface area contributed by atoms with Crippen molar-refractivity contribution in [3.63, 3.8) is 0 Å². The summed E-state index contributed by atoms with van der Waals surface area (Å²) in [7, 11) is 0. The average Bonchev–Trinajstić information content (AvgIpc) is 2.56. The first-order valence-electron chi connectivity index (χ1n) is 4.69. The highest BCUT2D eigenvalue weighted by molar-refractivity contribution is 9.10. The second-order valence-electron chi connectivity index (χ2n) is 3.61. The van der Waals surface area contributed by atoms with E-state index in [9.17, 15) is 4.39 Å². The Bertz CT molecular complexity index is 343. The Labute approximate surface area is 91.3 Å². The lowest BCUT2D eigenvalue weighted by Gasteiger charge is -2.18. The second kappa shape index (κ2) is 3.85. The van der Waals surface area contributed by atoms with E-state index >= 15 is 0 Å². The fraction of sp³-hybridized carbons (Fsp3) is 0.500. The van der Waals surface area contributed by atoms with Gasteiger partial charge in [-0.2, -0.15) is 0 Å². The predicted octanol–water partition coefficient (Wildman–Crippen LogP) is 2.70. The maximum atomic E-state index is 13.0. The standard InChI is InChI=1S/C10H12BrFN2/c1-7-2-3-9(11)13-10(7)14-5-4-8(12)6-14/h2-3,8H,4-6H2,1H3/t8-/m0/s1. The fourth-order valence-corrected chi connectivity index (χ4v) is 2.03. The molecule has 0 aromatic carbocycles. The van der Waals surface area contributed by atoms with Gasteiger partial charge in [-0.05, 0) is 40.9 Å². The summed E-state index contributed by atoms with van der Waals surface area (Å²) in [4.78, 5) is 6.37. The van der Waals surface area contributed by atoms with Crippen LogP contribution in [-0.4, -0.2) is 24.2 Å². The van der Waals surface area contributed by atoms with E-state index in [2.05, 4.69) is 20.9 Å². The lowest BCUT2D eigenvalue weighted by atomic mass is 10.3. The first kappa shape index (κ1) is 9.90. The van der Waals surface area contributed by atoms with Crippen LogP contribution in [0.2, 0.25) is 0 Å². The third-order valence-corrected chi connectivity index (χ3v) is 2.91. The summed E-state index contributed by atoms with van der Waals surface area (Å²) in [5.41, 5.74) is 1.10. The molecule has 0 unspecified atom stereocenters. The van der Waals surface area contributed by atoms with Crippen LogP contribution in [0.15, 0.2) is 16.7 Å². The van der Waals surface area contributed by atoms with Gasteiger partial charge in [-0.1, -0.05) is 6.07 Å². The van der Waals surface area contributed by atoms with Crippen LogP contribution >= 0.6 is 15.9 Å². The van der Waals surface area contributed by atoms with Crippen molar-refractivity contribution in [1.82, 2.24) is 4.98 Å². The molecule has 1 saturated heterocycles. The van der Waals surface area contributed by atoms with Crippen LogP contribution in [0.3, 0.4) is 0 Å².